The average molecular weight is 449 g/mol. The lowest BCUT2D eigenvalue weighted by molar-refractivity contribution is -0.0103. The van der Waals surface area contributed by atoms with Gasteiger partial charge >= 0.3 is 12.1 Å². The molecular formula is C23H33FN4O4. The molecule has 1 aliphatic heterocycles. The van der Waals surface area contributed by atoms with E-state index in [1.807, 2.05) is 26.8 Å². The Bertz CT molecular complexity index is 850. The molecule has 3 rings (SSSR count). The van der Waals surface area contributed by atoms with Crippen LogP contribution in [0.5, 0.6) is 0 Å². The fourth-order valence-corrected chi connectivity index (χ4v) is 4.01. The van der Waals surface area contributed by atoms with Gasteiger partial charge in [-0.15, -0.1) is 0 Å². The van der Waals surface area contributed by atoms with E-state index in [-0.39, 0.29) is 23.8 Å². The summed E-state index contributed by atoms with van der Waals surface area (Å²) in [6, 6.07) is 4.06. The van der Waals surface area contributed by atoms with Crippen LogP contribution in [-0.2, 0) is 9.57 Å². The van der Waals surface area contributed by atoms with Crippen LogP contribution in [-0.4, -0.2) is 47.5 Å². The number of nitrogens with one attached hydrogen (secondary N) is 1. The molecule has 9 heteroatoms. The summed E-state index contributed by atoms with van der Waals surface area (Å²) in [6.07, 6.45) is 4.48. The van der Waals surface area contributed by atoms with Crippen molar-refractivity contribution in [3.05, 3.63) is 29.6 Å². The van der Waals surface area contributed by atoms with E-state index in [0.29, 0.717) is 13.1 Å². The topological polar surface area (TPSA) is 106 Å². The van der Waals surface area contributed by atoms with Crippen molar-refractivity contribution in [1.82, 2.24) is 4.90 Å². The first-order valence-electron chi connectivity index (χ1n) is 11.2. The molecule has 2 fully saturated rings. The number of hydrogen-bond acceptors (Lipinski definition) is 5. The van der Waals surface area contributed by atoms with Gasteiger partial charge in [-0.1, -0.05) is 11.2 Å². The molecule has 32 heavy (non-hydrogen) atoms. The normalized spacial score (nSPS) is 19.9. The van der Waals surface area contributed by atoms with Crippen LogP contribution in [0.15, 0.2) is 23.4 Å². The minimum atomic E-state index is -0.786. The lowest BCUT2D eigenvalue weighted by atomic mass is 9.83. The molecule has 176 valence electrons. The number of oxime groups is 1. The van der Waals surface area contributed by atoms with E-state index < -0.39 is 17.4 Å². The lowest BCUT2D eigenvalue weighted by Gasteiger charge is -2.32. The number of likely N-dealkylation sites (tertiary alicyclic amines) is 1. The Hall–Kier alpha value is -2.84. The molecule has 2 aliphatic rings. The number of piperidine rings is 1. The van der Waals surface area contributed by atoms with Crippen molar-refractivity contribution < 1.29 is 23.6 Å². The minimum absolute atomic E-state index is 0.00157. The molecule has 0 spiro atoms. The van der Waals surface area contributed by atoms with Crippen molar-refractivity contribution in [2.45, 2.75) is 76.9 Å². The Morgan fingerprint density at radius 1 is 1.16 bits per heavy atom. The third kappa shape index (κ3) is 6.83. The maximum Gasteiger partial charge on any atom is 0.410 e. The van der Waals surface area contributed by atoms with Crippen LogP contribution < -0.4 is 11.1 Å². The summed E-state index contributed by atoms with van der Waals surface area (Å²) < 4.78 is 19.6. The van der Waals surface area contributed by atoms with Crippen LogP contribution >= 0.6 is 0 Å². The van der Waals surface area contributed by atoms with Gasteiger partial charge in [-0.3, -0.25) is 0 Å². The number of carbonyl (C=O) groups is 2. The van der Waals surface area contributed by atoms with Crippen molar-refractivity contribution >= 4 is 23.5 Å². The molecule has 3 N–H and O–H groups in total. The quantitative estimate of drug-likeness (QED) is 0.649. The molecule has 1 aliphatic carbocycles. The Morgan fingerprint density at radius 2 is 1.81 bits per heavy atom. The highest BCUT2D eigenvalue weighted by Crippen LogP contribution is 2.33. The number of halogens is 1. The minimum Gasteiger partial charge on any atom is -0.444 e. The van der Waals surface area contributed by atoms with E-state index in [1.165, 1.54) is 6.07 Å². The molecule has 1 aromatic rings. The molecule has 0 atom stereocenters. The van der Waals surface area contributed by atoms with Gasteiger partial charge in [0.2, 0.25) is 0 Å². The summed E-state index contributed by atoms with van der Waals surface area (Å²) in [5, 5.41) is 6.65. The monoisotopic (exact) mass is 448 g/mol. The van der Waals surface area contributed by atoms with Crippen LogP contribution in [0.25, 0.3) is 0 Å². The molecule has 1 saturated heterocycles. The molecule has 8 nitrogen and oxygen atoms in total. The molecule has 1 heterocycles. The van der Waals surface area contributed by atoms with Gasteiger partial charge in [0.25, 0.3) is 0 Å². The Kier molecular flexibility index (Phi) is 7.58. The summed E-state index contributed by atoms with van der Waals surface area (Å²) >= 11 is 0. The molecule has 1 aromatic carbocycles. The molecule has 0 radical (unpaired) electrons. The van der Waals surface area contributed by atoms with Crippen LogP contribution in [0.1, 0.15) is 70.8 Å². The van der Waals surface area contributed by atoms with Gasteiger partial charge in [0.15, 0.2) is 0 Å². The molecular weight excluding hydrogens is 415 g/mol. The van der Waals surface area contributed by atoms with E-state index in [1.54, 1.807) is 11.0 Å². The number of ether oxygens (including phenoxy) is 1. The number of rotatable bonds is 4. The standard InChI is InChI=1S/C23H33FN4O4/c1-23(2,3)31-22(30)28-12-10-18(11-13-28)32-27-17-7-4-15(5-8-17)16-6-9-20(19(24)14-16)26-21(25)29/h6,9,14-15,18H,4-5,7-8,10-13H2,1-3H3,(H3,25,26,29). The second-order valence-electron chi connectivity index (χ2n) is 9.43. The van der Waals surface area contributed by atoms with Crippen LogP contribution in [0.4, 0.5) is 19.7 Å². The molecule has 1 saturated carbocycles. The molecule has 0 unspecified atom stereocenters. The molecule has 3 amide bonds. The predicted octanol–water partition coefficient (Wildman–Crippen LogP) is 4.75. The summed E-state index contributed by atoms with van der Waals surface area (Å²) in [4.78, 5) is 30.5. The van der Waals surface area contributed by atoms with Gasteiger partial charge < -0.3 is 25.5 Å². The van der Waals surface area contributed by atoms with Gasteiger partial charge in [-0.25, -0.2) is 14.0 Å². The number of benzene rings is 1. The van der Waals surface area contributed by atoms with E-state index in [9.17, 15) is 14.0 Å². The summed E-state index contributed by atoms with van der Waals surface area (Å²) in [7, 11) is 0. The molecule has 0 bridgehead atoms. The summed E-state index contributed by atoms with van der Waals surface area (Å²) in [6.45, 7) is 6.77. The summed E-state index contributed by atoms with van der Waals surface area (Å²) in [5.41, 5.74) is 6.57. The number of hydrogen-bond donors (Lipinski definition) is 2. The first kappa shape index (κ1) is 23.8. The SMILES string of the molecule is CC(C)(C)OC(=O)N1CCC(ON=C2CCC(c3ccc(NC(N)=O)c(F)c3)CC2)CC1. The van der Waals surface area contributed by atoms with Gasteiger partial charge in [0, 0.05) is 25.9 Å². The van der Waals surface area contributed by atoms with E-state index in [4.69, 9.17) is 15.3 Å². The van der Waals surface area contributed by atoms with Gasteiger partial charge in [-0.2, -0.15) is 0 Å². The highest BCUT2D eigenvalue weighted by Gasteiger charge is 2.28. The van der Waals surface area contributed by atoms with Crippen molar-refractivity contribution in [2.75, 3.05) is 18.4 Å². The zero-order chi connectivity index (χ0) is 23.3. The van der Waals surface area contributed by atoms with Crippen molar-refractivity contribution in [2.24, 2.45) is 10.9 Å². The lowest BCUT2D eigenvalue weighted by Crippen LogP contribution is -2.43. The number of primary amides is 1. The largest absolute Gasteiger partial charge is 0.444 e. The number of nitrogens with two attached hydrogens (primary N) is 1. The smallest absolute Gasteiger partial charge is 0.410 e. The first-order valence-corrected chi connectivity index (χ1v) is 11.2. The maximum absolute atomic E-state index is 14.2. The Morgan fingerprint density at radius 3 is 2.38 bits per heavy atom. The number of amides is 3. The Labute approximate surface area is 188 Å². The van der Waals surface area contributed by atoms with Crippen molar-refractivity contribution in [1.29, 1.82) is 0 Å². The average Bonchev–Trinajstić information content (AvgIpc) is 2.73. The third-order valence-corrected chi connectivity index (χ3v) is 5.71. The van der Waals surface area contributed by atoms with Crippen LogP contribution in [0, 0.1) is 5.82 Å². The highest BCUT2D eigenvalue weighted by molar-refractivity contribution is 5.88. The van der Waals surface area contributed by atoms with E-state index in [0.717, 1.165) is 49.8 Å². The zero-order valence-electron chi connectivity index (χ0n) is 19.0. The molecule has 0 aromatic heterocycles. The third-order valence-electron chi connectivity index (χ3n) is 5.71. The van der Waals surface area contributed by atoms with Crippen molar-refractivity contribution in [3.63, 3.8) is 0 Å². The van der Waals surface area contributed by atoms with E-state index in [2.05, 4.69) is 10.5 Å². The number of anilines is 1. The summed E-state index contributed by atoms with van der Waals surface area (Å²) in [5.74, 6) is -0.245. The van der Waals surface area contributed by atoms with Crippen LogP contribution in [0.2, 0.25) is 0 Å². The second-order valence-corrected chi connectivity index (χ2v) is 9.43. The predicted molar refractivity (Wildman–Crippen MR) is 120 cm³/mol. The fraction of sp³-hybridized carbons (Fsp3) is 0.609. The second kappa shape index (κ2) is 10.2. The van der Waals surface area contributed by atoms with Crippen molar-refractivity contribution in [3.8, 4) is 0 Å². The van der Waals surface area contributed by atoms with Gasteiger partial charge in [0.1, 0.15) is 17.5 Å². The van der Waals surface area contributed by atoms with E-state index >= 15 is 0 Å². The maximum atomic E-state index is 14.2. The van der Waals surface area contributed by atoms with Gasteiger partial charge in [-0.05, 0) is 70.1 Å². The Balaban J connectivity index is 1.43. The first-order chi connectivity index (χ1) is 15.1. The van der Waals surface area contributed by atoms with Gasteiger partial charge in [0.05, 0.1) is 11.4 Å². The van der Waals surface area contributed by atoms with Crippen LogP contribution in [0.3, 0.4) is 0 Å². The number of nitrogens with zero attached hydrogens (tertiary/aromatic N) is 2. The zero-order valence-corrected chi connectivity index (χ0v) is 19.0. The highest BCUT2D eigenvalue weighted by atomic mass is 19.1. The number of urea groups is 1. The fourth-order valence-electron chi connectivity index (χ4n) is 4.01. The number of carbonyl (C=O) groups excluding carboxylic acids is 2.